The second kappa shape index (κ2) is 9.52. The number of aromatic nitrogens is 1. The van der Waals surface area contributed by atoms with Crippen LogP contribution in [0.25, 0.3) is 10.6 Å². The molecule has 3 aromatic rings. The number of fused-ring (bicyclic) bond motifs is 1. The van der Waals surface area contributed by atoms with Gasteiger partial charge in [-0.05, 0) is 39.0 Å². The summed E-state index contributed by atoms with van der Waals surface area (Å²) in [4.78, 5) is 41.0. The van der Waals surface area contributed by atoms with Gasteiger partial charge in [0.25, 0.3) is 17.2 Å². The molecule has 0 atom stereocenters. The van der Waals surface area contributed by atoms with Crippen molar-refractivity contribution in [1.82, 2.24) is 4.57 Å². The zero-order chi connectivity index (χ0) is 26.4. The third-order valence-corrected chi connectivity index (χ3v) is 8.64. The number of hydrazone groups is 1. The molecule has 2 aromatic carbocycles. The van der Waals surface area contributed by atoms with Crippen molar-refractivity contribution in [2.24, 2.45) is 5.10 Å². The lowest BCUT2D eigenvalue weighted by Gasteiger charge is -2.17. The highest BCUT2D eigenvalue weighted by atomic mass is 32.2. The van der Waals surface area contributed by atoms with Crippen LogP contribution in [0.15, 0.2) is 57.3 Å². The fourth-order valence-electron chi connectivity index (χ4n) is 4.36. The van der Waals surface area contributed by atoms with Crippen LogP contribution in [0.1, 0.15) is 20.8 Å². The number of methoxy groups -OCH3 is 1. The summed E-state index contributed by atoms with van der Waals surface area (Å²) >= 11 is 2.78. The van der Waals surface area contributed by atoms with Gasteiger partial charge in [0.05, 0.1) is 34.7 Å². The van der Waals surface area contributed by atoms with Gasteiger partial charge < -0.3 is 9.64 Å². The van der Waals surface area contributed by atoms with E-state index in [-0.39, 0.29) is 16.9 Å². The summed E-state index contributed by atoms with van der Waals surface area (Å²) in [5, 5.41) is 17.6. The van der Waals surface area contributed by atoms with Gasteiger partial charge in [-0.25, -0.2) is 0 Å². The second-order valence-corrected chi connectivity index (χ2v) is 10.3. The highest BCUT2D eigenvalue weighted by Crippen LogP contribution is 2.47. The number of non-ortho nitro benzene ring substituents is 1. The maximum absolute atomic E-state index is 13.6. The number of ether oxygens (including phenoxy) is 1. The number of carbonyl (C=O) groups excluding carboxylic acids is 1. The molecule has 0 aliphatic carbocycles. The summed E-state index contributed by atoms with van der Waals surface area (Å²) in [6.07, 6.45) is 0. The number of amides is 1. The summed E-state index contributed by atoms with van der Waals surface area (Å²) in [5.41, 5.74) is 1.70. The Morgan fingerprint density at radius 3 is 2.57 bits per heavy atom. The predicted octanol–water partition coefficient (Wildman–Crippen LogP) is 3.12. The number of hydrogen-bond donors (Lipinski definition) is 0. The van der Waals surface area contributed by atoms with Crippen LogP contribution in [-0.2, 0) is 11.3 Å². The Labute approximate surface area is 219 Å². The average molecular weight is 538 g/mol. The Balaban J connectivity index is 1.69. The summed E-state index contributed by atoms with van der Waals surface area (Å²) in [5.74, 6) is 0.300. The molecule has 190 valence electrons. The number of thiazole rings is 1. The standard InChI is InChI=1S/C25H23N5O5S2/c1-5-27-18-13-17(35-4)10-11-19(18)36-25(27)21-23(32)28(6-2)24(37-21)20-14(3)26-29(22(20)31)15-8-7-9-16(12-15)30(33)34/h7-13H,5-6H2,1-4H3. The number of nitro groups is 1. The molecule has 0 unspecified atom stereocenters. The SMILES string of the molecule is CCN1C(=c2sc(=C3C(=O)N(c4cccc([N+](=O)[O-])c4)N=C3C)n(CC)c2=O)Sc2ccc(OC)cc21. The molecule has 1 amide bonds. The van der Waals surface area contributed by atoms with E-state index in [0.717, 1.165) is 26.4 Å². The van der Waals surface area contributed by atoms with Crippen LogP contribution < -0.4 is 29.4 Å². The molecule has 0 spiro atoms. The van der Waals surface area contributed by atoms with Gasteiger partial charge >= 0.3 is 0 Å². The molecule has 10 nitrogen and oxygen atoms in total. The monoisotopic (exact) mass is 537 g/mol. The minimum Gasteiger partial charge on any atom is -0.497 e. The van der Waals surface area contributed by atoms with Crippen molar-refractivity contribution in [3.63, 3.8) is 0 Å². The van der Waals surface area contributed by atoms with Gasteiger partial charge in [-0.15, -0.1) is 11.3 Å². The van der Waals surface area contributed by atoms with E-state index in [1.54, 1.807) is 24.7 Å². The summed E-state index contributed by atoms with van der Waals surface area (Å²) < 4.78 is 8.04. The van der Waals surface area contributed by atoms with Crippen LogP contribution in [0.5, 0.6) is 5.75 Å². The molecule has 1 aromatic heterocycles. The van der Waals surface area contributed by atoms with Crippen LogP contribution in [-0.4, -0.2) is 34.8 Å². The minimum atomic E-state index is -0.519. The van der Waals surface area contributed by atoms with Crippen LogP contribution in [0.2, 0.25) is 0 Å². The molecule has 5 rings (SSSR count). The Hall–Kier alpha value is -3.90. The number of thioether (sulfide) groups is 1. The van der Waals surface area contributed by atoms with Gasteiger partial charge in [-0.3, -0.25) is 24.3 Å². The lowest BCUT2D eigenvalue weighted by molar-refractivity contribution is -0.384. The highest BCUT2D eigenvalue weighted by Gasteiger charge is 2.33. The first kappa shape index (κ1) is 24.8. The van der Waals surface area contributed by atoms with Crippen LogP contribution >= 0.6 is 23.1 Å². The molecule has 12 heteroatoms. The minimum absolute atomic E-state index is 0.138. The number of carbonyl (C=O) groups is 1. The van der Waals surface area contributed by atoms with Crippen LogP contribution in [0.3, 0.4) is 0 Å². The fourth-order valence-corrected chi connectivity index (χ4v) is 6.99. The zero-order valence-electron chi connectivity index (χ0n) is 20.5. The number of anilines is 2. The van der Waals surface area contributed by atoms with Gasteiger partial charge in [0, 0.05) is 36.2 Å². The highest BCUT2D eigenvalue weighted by molar-refractivity contribution is 8.08. The molecular weight excluding hydrogens is 514 g/mol. The van der Waals surface area contributed by atoms with Crippen molar-refractivity contribution in [2.45, 2.75) is 32.2 Å². The Morgan fingerprint density at radius 2 is 1.89 bits per heavy atom. The third kappa shape index (κ3) is 4.02. The lowest BCUT2D eigenvalue weighted by Crippen LogP contribution is -2.35. The van der Waals surface area contributed by atoms with E-state index < -0.39 is 10.8 Å². The van der Waals surface area contributed by atoms with E-state index in [9.17, 15) is 19.7 Å². The van der Waals surface area contributed by atoms with Gasteiger partial charge in [0.2, 0.25) is 0 Å². The van der Waals surface area contributed by atoms with E-state index in [2.05, 4.69) is 10.0 Å². The Bertz CT molecular complexity index is 1670. The maximum atomic E-state index is 13.6. The average Bonchev–Trinajstić information content (AvgIpc) is 3.52. The molecule has 37 heavy (non-hydrogen) atoms. The van der Waals surface area contributed by atoms with Crippen molar-refractivity contribution in [3.8, 4) is 5.75 Å². The maximum Gasteiger partial charge on any atom is 0.283 e. The quantitative estimate of drug-likeness (QED) is 0.363. The van der Waals surface area contributed by atoms with Crippen molar-refractivity contribution < 1.29 is 14.5 Å². The lowest BCUT2D eigenvalue weighted by atomic mass is 10.2. The molecule has 3 heterocycles. The van der Waals surface area contributed by atoms with Gasteiger partial charge in [-0.1, -0.05) is 17.8 Å². The van der Waals surface area contributed by atoms with Gasteiger partial charge in [-0.2, -0.15) is 10.1 Å². The van der Waals surface area contributed by atoms with E-state index >= 15 is 0 Å². The Morgan fingerprint density at radius 1 is 1.11 bits per heavy atom. The van der Waals surface area contributed by atoms with E-state index in [1.165, 1.54) is 41.3 Å². The number of benzene rings is 2. The summed E-state index contributed by atoms with van der Waals surface area (Å²) in [7, 11) is 1.62. The smallest absolute Gasteiger partial charge is 0.283 e. The normalized spacial score (nSPS) is 17.8. The molecule has 0 saturated carbocycles. The molecule has 2 aliphatic heterocycles. The number of nitrogens with zero attached hydrogens (tertiary/aromatic N) is 5. The van der Waals surface area contributed by atoms with Crippen LogP contribution in [0, 0.1) is 10.1 Å². The molecule has 2 aliphatic rings. The summed E-state index contributed by atoms with van der Waals surface area (Å²) in [6, 6.07) is 11.6. The topological polar surface area (TPSA) is 110 Å². The largest absolute Gasteiger partial charge is 0.497 e. The first-order chi connectivity index (χ1) is 17.8. The third-order valence-electron chi connectivity index (χ3n) is 6.14. The van der Waals surface area contributed by atoms with Crippen molar-refractivity contribution >= 4 is 62.4 Å². The van der Waals surface area contributed by atoms with E-state index in [0.29, 0.717) is 33.6 Å². The van der Waals surface area contributed by atoms with Gasteiger partial charge in [0.15, 0.2) is 0 Å². The fraction of sp³-hybridized carbons (Fsp3) is 0.240. The molecule has 0 N–H and O–H groups in total. The molecule has 0 fully saturated rings. The van der Waals surface area contributed by atoms with Crippen molar-refractivity contribution in [1.29, 1.82) is 0 Å². The number of rotatable bonds is 5. The number of hydrogen-bond acceptors (Lipinski definition) is 9. The van der Waals surface area contributed by atoms with Crippen molar-refractivity contribution in [3.05, 3.63) is 72.1 Å². The molecule has 0 bridgehead atoms. The van der Waals surface area contributed by atoms with Crippen molar-refractivity contribution in [2.75, 3.05) is 23.6 Å². The molecule has 0 radical (unpaired) electrons. The predicted molar refractivity (Wildman–Crippen MR) is 146 cm³/mol. The van der Waals surface area contributed by atoms with Gasteiger partial charge in [0.1, 0.15) is 20.0 Å². The van der Waals surface area contributed by atoms with E-state index in [4.69, 9.17) is 4.74 Å². The van der Waals surface area contributed by atoms with E-state index in [1.807, 2.05) is 32.0 Å². The second-order valence-electron chi connectivity index (χ2n) is 8.23. The molecule has 0 saturated heterocycles. The first-order valence-electron chi connectivity index (χ1n) is 11.5. The van der Waals surface area contributed by atoms with Crippen LogP contribution in [0.4, 0.5) is 17.1 Å². The molecular formula is C25H23N5O5S2. The zero-order valence-corrected chi connectivity index (χ0v) is 22.2. The number of nitro benzene ring substituents is 1. The summed E-state index contributed by atoms with van der Waals surface area (Å²) in [6.45, 7) is 6.60. The first-order valence-corrected chi connectivity index (χ1v) is 13.2. The Kier molecular flexibility index (Phi) is 6.38.